The van der Waals surface area contributed by atoms with Crippen molar-refractivity contribution in [2.45, 2.75) is 65.7 Å². The van der Waals surface area contributed by atoms with Crippen LogP contribution in [0.15, 0.2) is 6.07 Å². The second kappa shape index (κ2) is 6.52. The van der Waals surface area contributed by atoms with Gasteiger partial charge in [0, 0.05) is 49.5 Å². The Balaban J connectivity index is 1.70. The molecule has 1 aromatic rings. The van der Waals surface area contributed by atoms with Gasteiger partial charge in [-0.05, 0) is 46.6 Å². The van der Waals surface area contributed by atoms with Crippen molar-refractivity contribution in [3.8, 4) is 0 Å². The van der Waals surface area contributed by atoms with Crippen molar-refractivity contribution in [3.05, 3.63) is 23.0 Å². The zero-order valence-electron chi connectivity index (χ0n) is 15.3. The Labute approximate surface area is 144 Å². The normalized spacial score (nSPS) is 25.8. The Morgan fingerprint density at radius 1 is 1.33 bits per heavy atom. The van der Waals surface area contributed by atoms with E-state index in [4.69, 9.17) is 4.74 Å². The molecule has 0 unspecified atom stereocenters. The number of aryl methyl sites for hydroxylation is 1. The number of aromatic nitrogens is 1. The fourth-order valence-electron chi connectivity index (χ4n) is 4.62. The third-order valence-electron chi connectivity index (χ3n) is 6.21. The van der Waals surface area contributed by atoms with E-state index in [1.807, 2.05) is 24.8 Å². The predicted octanol–water partition coefficient (Wildman–Crippen LogP) is 2.52. The summed E-state index contributed by atoms with van der Waals surface area (Å²) >= 11 is 0. The molecule has 0 radical (unpaired) electrons. The van der Waals surface area contributed by atoms with Gasteiger partial charge in [0.1, 0.15) is 0 Å². The van der Waals surface area contributed by atoms with Crippen LogP contribution in [-0.2, 0) is 11.3 Å². The fraction of sp³-hybridized carbons (Fsp3) is 0.737. The number of ether oxygens (including phenoxy) is 1. The van der Waals surface area contributed by atoms with E-state index in [9.17, 15) is 9.90 Å². The molecule has 1 aromatic heterocycles. The van der Waals surface area contributed by atoms with Gasteiger partial charge in [0.05, 0.1) is 17.8 Å². The molecular formula is C19H30N2O3. The fourth-order valence-corrected chi connectivity index (χ4v) is 4.62. The average Bonchev–Trinajstić information content (AvgIpc) is 2.88. The molecule has 2 atom stereocenters. The van der Waals surface area contributed by atoms with Crippen molar-refractivity contribution in [1.29, 1.82) is 0 Å². The number of carbonyl (C=O) groups excluding carboxylic acids is 1. The Hall–Kier alpha value is -1.33. The topological polar surface area (TPSA) is 54.7 Å². The number of aliphatic hydroxyl groups is 1. The lowest BCUT2D eigenvalue weighted by Crippen LogP contribution is -2.62. The molecule has 2 fully saturated rings. The van der Waals surface area contributed by atoms with Crippen molar-refractivity contribution in [3.63, 3.8) is 0 Å². The van der Waals surface area contributed by atoms with Crippen molar-refractivity contribution >= 4 is 5.91 Å². The molecule has 5 heteroatoms. The molecule has 3 rings (SSSR count). The van der Waals surface area contributed by atoms with E-state index < -0.39 is 0 Å². The molecule has 1 amide bonds. The first-order valence-corrected chi connectivity index (χ1v) is 9.20. The zero-order chi connectivity index (χ0) is 17.5. The molecule has 24 heavy (non-hydrogen) atoms. The minimum atomic E-state index is -0.281. The van der Waals surface area contributed by atoms with Gasteiger partial charge in [-0.25, -0.2) is 0 Å². The lowest BCUT2D eigenvalue weighted by atomic mass is 9.58. The van der Waals surface area contributed by atoms with Crippen LogP contribution in [0, 0.1) is 19.3 Å². The first-order chi connectivity index (χ1) is 11.4. The van der Waals surface area contributed by atoms with Gasteiger partial charge in [0.15, 0.2) is 0 Å². The number of likely N-dealkylation sites (tertiary alicyclic amines) is 1. The molecule has 1 N–H and O–H groups in total. The first-order valence-electron chi connectivity index (χ1n) is 9.20. The minimum Gasteiger partial charge on any atom is -0.392 e. The molecule has 134 valence electrons. The quantitative estimate of drug-likeness (QED) is 0.920. The van der Waals surface area contributed by atoms with Crippen molar-refractivity contribution in [1.82, 2.24) is 9.47 Å². The summed E-state index contributed by atoms with van der Waals surface area (Å²) in [5, 5.41) is 10.3. The van der Waals surface area contributed by atoms with Crippen LogP contribution >= 0.6 is 0 Å². The molecule has 1 spiro atoms. The lowest BCUT2D eigenvalue weighted by molar-refractivity contribution is -0.207. The van der Waals surface area contributed by atoms with Crippen LogP contribution in [0.4, 0.5) is 0 Å². The molecular weight excluding hydrogens is 304 g/mol. The molecule has 1 saturated heterocycles. The van der Waals surface area contributed by atoms with Gasteiger partial charge < -0.3 is 19.3 Å². The Morgan fingerprint density at radius 3 is 2.50 bits per heavy atom. The lowest BCUT2D eigenvalue weighted by Gasteiger charge is -2.56. The second-order valence-electron chi connectivity index (χ2n) is 7.25. The van der Waals surface area contributed by atoms with Gasteiger partial charge in [0.25, 0.3) is 5.91 Å². The number of hydrogen-bond donors (Lipinski definition) is 1. The molecule has 0 bridgehead atoms. The van der Waals surface area contributed by atoms with Crippen molar-refractivity contribution < 1.29 is 14.6 Å². The van der Waals surface area contributed by atoms with E-state index in [0.29, 0.717) is 19.7 Å². The van der Waals surface area contributed by atoms with Crippen molar-refractivity contribution in [2.24, 2.45) is 5.41 Å². The number of hydrogen-bond acceptors (Lipinski definition) is 3. The largest absolute Gasteiger partial charge is 0.392 e. The highest BCUT2D eigenvalue weighted by Gasteiger charge is 2.56. The van der Waals surface area contributed by atoms with Gasteiger partial charge in [0.2, 0.25) is 0 Å². The van der Waals surface area contributed by atoms with Crippen LogP contribution < -0.4 is 0 Å². The Kier molecular flexibility index (Phi) is 4.76. The number of carbonyl (C=O) groups is 1. The predicted molar refractivity (Wildman–Crippen MR) is 93.2 cm³/mol. The van der Waals surface area contributed by atoms with Crippen LogP contribution in [-0.4, -0.2) is 52.4 Å². The minimum absolute atomic E-state index is 0.124. The van der Waals surface area contributed by atoms with Gasteiger partial charge in [-0.1, -0.05) is 0 Å². The van der Waals surface area contributed by atoms with E-state index >= 15 is 0 Å². The standard InChI is InChI=1S/C19H30N2O3/c1-5-21-13(3)11-15(14(21)4)18(23)20-9-7-19(8-10-20)16(22)12-17(19)24-6-2/h11,16-17,22H,5-10,12H2,1-4H3/t16-,17-/m0/s1. The molecule has 0 aromatic carbocycles. The third kappa shape index (κ3) is 2.58. The molecule has 1 saturated carbocycles. The molecule has 2 heterocycles. The van der Waals surface area contributed by atoms with E-state index in [1.54, 1.807) is 0 Å². The summed E-state index contributed by atoms with van der Waals surface area (Å²) < 4.78 is 7.99. The summed E-state index contributed by atoms with van der Waals surface area (Å²) in [5.74, 6) is 0.124. The van der Waals surface area contributed by atoms with Crippen LogP contribution in [0.25, 0.3) is 0 Å². The van der Waals surface area contributed by atoms with E-state index in [-0.39, 0.29) is 23.5 Å². The molecule has 5 nitrogen and oxygen atoms in total. The summed E-state index contributed by atoms with van der Waals surface area (Å²) in [4.78, 5) is 14.9. The highest BCUT2D eigenvalue weighted by Crippen LogP contribution is 2.51. The monoisotopic (exact) mass is 334 g/mol. The maximum atomic E-state index is 12.9. The van der Waals surface area contributed by atoms with E-state index in [2.05, 4.69) is 18.4 Å². The van der Waals surface area contributed by atoms with E-state index in [1.165, 1.54) is 0 Å². The number of rotatable bonds is 4. The number of piperidine rings is 1. The maximum Gasteiger partial charge on any atom is 0.255 e. The summed E-state index contributed by atoms with van der Waals surface area (Å²) in [7, 11) is 0. The average molecular weight is 334 g/mol. The second-order valence-corrected chi connectivity index (χ2v) is 7.25. The molecule has 1 aliphatic carbocycles. The third-order valence-corrected chi connectivity index (χ3v) is 6.21. The van der Waals surface area contributed by atoms with Crippen molar-refractivity contribution in [2.75, 3.05) is 19.7 Å². The zero-order valence-corrected chi connectivity index (χ0v) is 15.3. The molecule has 1 aliphatic heterocycles. The van der Waals surface area contributed by atoms with Gasteiger partial charge in [-0.2, -0.15) is 0 Å². The van der Waals surface area contributed by atoms with Gasteiger partial charge >= 0.3 is 0 Å². The van der Waals surface area contributed by atoms with Crippen LogP contribution in [0.2, 0.25) is 0 Å². The Bertz CT molecular complexity index is 612. The van der Waals surface area contributed by atoms with Gasteiger partial charge in [-0.3, -0.25) is 4.79 Å². The highest BCUT2D eigenvalue weighted by atomic mass is 16.5. The maximum absolute atomic E-state index is 12.9. The smallest absolute Gasteiger partial charge is 0.255 e. The highest BCUT2D eigenvalue weighted by molar-refractivity contribution is 5.95. The summed E-state index contributed by atoms with van der Waals surface area (Å²) in [6.45, 7) is 11.2. The van der Waals surface area contributed by atoms with E-state index in [0.717, 1.165) is 42.8 Å². The summed E-state index contributed by atoms with van der Waals surface area (Å²) in [5.41, 5.74) is 2.88. The Morgan fingerprint density at radius 2 is 2.00 bits per heavy atom. The van der Waals surface area contributed by atoms with Crippen LogP contribution in [0.1, 0.15) is 54.9 Å². The number of amides is 1. The van der Waals surface area contributed by atoms with Crippen LogP contribution in [0.3, 0.4) is 0 Å². The SMILES string of the molecule is CCO[C@H]1C[C@H](O)C12CCN(C(=O)c1cc(C)n(CC)c1C)CC2. The summed E-state index contributed by atoms with van der Waals surface area (Å²) in [6.07, 6.45) is 2.27. The number of aliphatic hydroxyl groups excluding tert-OH is 1. The van der Waals surface area contributed by atoms with Crippen LogP contribution in [0.5, 0.6) is 0 Å². The van der Waals surface area contributed by atoms with Gasteiger partial charge in [-0.15, -0.1) is 0 Å². The number of nitrogens with zero attached hydrogens (tertiary/aromatic N) is 2. The first kappa shape index (κ1) is 17.5. The molecule has 2 aliphatic rings. The summed E-state index contributed by atoms with van der Waals surface area (Å²) in [6, 6.07) is 2.01.